The van der Waals surface area contributed by atoms with Crippen LogP contribution in [0.3, 0.4) is 0 Å². The molecule has 2 amide bonds. The van der Waals surface area contributed by atoms with Crippen molar-refractivity contribution in [2.24, 2.45) is 0 Å². The standard InChI is InChI=1S/C9H18N2O2S/c1-11(2)9(13)5-3-4-8(12)10-6-7-14/h14H,3-7H2,1-2H3,(H,10,12). The number of carbonyl (C=O) groups excluding carboxylic acids is 2. The van der Waals surface area contributed by atoms with E-state index >= 15 is 0 Å². The van der Waals surface area contributed by atoms with Gasteiger partial charge < -0.3 is 10.2 Å². The van der Waals surface area contributed by atoms with Crippen LogP contribution in [0.1, 0.15) is 19.3 Å². The Morgan fingerprint density at radius 3 is 2.43 bits per heavy atom. The Morgan fingerprint density at radius 1 is 1.29 bits per heavy atom. The molecule has 0 aromatic heterocycles. The molecular formula is C9H18N2O2S. The summed E-state index contributed by atoms with van der Waals surface area (Å²) in [7, 11) is 3.42. The number of carbonyl (C=O) groups is 2. The predicted octanol–water partition coefficient (Wildman–Crippen LogP) is 0.291. The van der Waals surface area contributed by atoms with E-state index in [0.717, 1.165) is 0 Å². The summed E-state index contributed by atoms with van der Waals surface area (Å²) in [5, 5.41) is 2.70. The molecule has 82 valence electrons. The molecule has 0 rings (SSSR count). The van der Waals surface area contributed by atoms with Gasteiger partial charge in [0.05, 0.1) is 0 Å². The number of nitrogens with one attached hydrogen (secondary N) is 1. The molecule has 0 aliphatic rings. The first-order valence-electron chi connectivity index (χ1n) is 4.65. The molecule has 0 aromatic carbocycles. The molecule has 0 fully saturated rings. The highest BCUT2D eigenvalue weighted by molar-refractivity contribution is 7.80. The third kappa shape index (κ3) is 6.77. The quantitative estimate of drug-likeness (QED) is 0.630. The minimum atomic E-state index is -0.00870. The Hall–Kier alpha value is -0.710. The highest BCUT2D eigenvalue weighted by Gasteiger charge is 2.05. The minimum Gasteiger partial charge on any atom is -0.355 e. The molecular weight excluding hydrogens is 200 g/mol. The van der Waals surface area contributed by atoms with Gasteiger partial charge in [0.1, 0.15) is 0 Å². The maximum atomic E-state index is 11.1. The molecule has 0 saturated carbocycles. The maximum Gasteiger partial charge on any atom is 0.222 e. The van der Waals surface area contributed by atoms with E-state index in [4.69, 9.17) is 0 Å². The van der Waals surface area contributed by atoms with Gasteiger partial charge in [0.25, 0.3) is 0 Å². The monoisotopic (exact) mass is 218 g/mol. The number of nitrogens with zero attached hydrogens (tertiary/aromatic N) is 1. The molecule has 0 aliphatic carbocycles. The van der Waals surface area contributed by atoms with Crippen LogP contribution in [0.5, 0.6) is 0 Å². The maximum absolute atomic E-state index is 11.1. The summed E-state index contributed by atoms with van der Waals surface area (Å²) in [6.07, 6.45) is 1.45. The number of thiol groups is 1. The smallest absolute Gasteiger partial charge is 0.222 e. The van der Waals surface area contributed by atoms with Crippen LogP contribution >= 0.6 is 12.6 Å². The molecule has 0 spiro atoms. The molecule has 0 unspecified atom stereocenters. The Bertz CT molecular complexity index is 195. The minimum absolute atomic E-state index is 0.00870. The average Bonchev–Trinajstić information content (AvgIpc) is 2.14. The third-order valence-electron chi connectivity index (χ3n) is 1.73. The van der Waals surface area contributed by atoms with Crippen LogP contribution in [0.25, 0.3) is 0 Å². The highest BCUT2D eigenvalue weighted by atomic mass is 32.1. The number of rotatable bonds is 6. The summed E-state index contributed by atoms with van der Waals surface area (Å²) < 4.78 is 0. The molecule has 14 heavy (non-hydrogen) atoms. The topological polar surface area (TPSA) is 49.4 Å². The van der Waals surface area contributed by atoms with Crippen molar-refractivity contribution < 1.29 is 9.59 Å². The first kappa shape index (κ1) is 13.3. The predicted molar refractivity (Wildman–Crippen MR) is 59.4 cm³/mol. The van der Waals surface area contributed by atoms with Crippen molar-refractivity contribution in [3.8, 4) is 0 Å². The molecule has 5 heteroatoms. The van der Waals surface area contributed by atoms with E-state index in [1.54, 1.807) is 14.1 Å². The van der Waals surface area contributed by atoms with Gasteiger partial charge in [-0.15, -0.1) is 0 Å². The Labute approximate surface area is 90.4 Å². The zero-order valence-corrected chi connectivity index (χ0v) is 9.64. The summed E-state index contributed by atoms with van der Waals surface area (Å²) in [5.41, 5.74) is 0. The fourth-order valence-electron chi connectivity index (χ4n) is 0.907. The number of hydrogen-bond donors (Lipinski definition) is 2. The summed E-state index contributed by atoms with van der Waals surface area (Å²) in [6.45, 7) is 0.587. The average molecular weight is 218 g/mol. The largest absolute Gasteiger partial charge is 0.355 e. The van der Waals surface area contributed by atoms with Gasteiger partial charge >= 0.3 is 0 Å². The first-order valence-corrected chi connectivity index (χ1v) is 5.29. The van der Waals surface area contributed by atoms with Gasteiger partial charge in [-0.05, 0) is 6.42 Å². The first-order chi connectivity index (χ1) is 6.57. The third-order valence-corrected chi connectivity index (χ3v) is 1.95. The van der Waals surface area contributed by atoms with E-state index in [0.29, 0.717) is 31.6 Å². The van der Waals surface area contributed by atoms with Gasteiger partial charge in [0, 0.05) is 39.2 Å². The van der Waals surface area contributed by atoms with Crippen LogP contribution in [0.15, 0.2) is 0 Å². The van der Waals surface area contributed by atoms with Crippen LogP contribution in [0.4, 0.5) is 0 Å². The molecule has 0 radical (unpaired) electrons. The molecule has 0 saturated heterocycles. The lowest BCUT2D eigenvalue weighted by Gasteiger charge is -2.09. The van der Waals surface area contributed by atoms with Crippen molar-refractivity contribution in [2.75, 3.05) is 26.4 Å². The summed E-state index contributed by atoms with van der Waals surface area (Å²) in [5.74, 6) is 0.695. The lowest BCUT2D eigenvalue weighted by atomic mass is 10.2. The van der Waals surface area contributed by atoms with Gasteiger partial charge in [-0.25, -0.2) is 0 Å². The fraction of sp³-hybridized carbons (Fsp3) is 0.778. The van der Waals surface area contributed by atoms with Gasteiger partial charge in [0.2, 0.25) is 11.8 Å². The zero-order chi connectivity index (χ0) is 11.0. The second-order valence-corrected chi connectivity index (χ2v) is 3.66. The Kier molecular flexibility index (Phi) is 7.28. The Balaban J connectivity index is 3.44. The van der Waals surface area contributed by atoms with Crippen molar-refractivity contribution in [2.45, 2.75) is 19.3 Å². The highest BCUT2D eigenvalue weighted by Crippen LogP contribution is 1.97. The van der Waals surface area contributed by atoms with Crippen LogP contribution < -0.4 is 5.32 Å². The van der Waals surface area contributed by atoms with Crippen LogP contribution in [0.2, 0.25) is 0 Å². The van der Waals surface area contributed by atoms with E-state index in [9.17, 15) is 9.59 Å². The van der Waals surface area contributed by atoms with Gasteiger partial charge in [0.15, 0.2) is 0 Å². The number of amides is 2. The summed E-state index contributed by atoms with van der Waals surface area (Å²) >= 11 is 3.97. The molecule has 0 heterocycles. The van der Waals surface area contributed by atoms with Crippen molar-refractivity contribution in [1.82, 2.24) is 10.2 Å². The summed E-state index contributed by atoms with van der Waals surface area (Å²) in [4.78, 5) is 23.7. The lowest BCUT2D eigenvalue weighted by molar-refractivity contribution is -0.128. The van der Waals surface area contributed by atoms with Gasteiger partial charge in [-0.2, -0.15) is 12.6 Å². The van der Waals surface area contributed by atoms with E-state index < -0.39 is 0 Å². The SMILES string of the molecule is CN(C)C(=O)CCCC(=O)NCCS. The van der Waals surface area contributed by atoms with Crippen LogP contribution in [-0.2, 0) is 9.59 Å². The van der Waals surface area contributed by atoms with Crippen LogP contribution in [0, 0.1) is 0 Å². The molecule has 0 aromatic rings. The van der Waals surface area contributed by atoms with E-state index in [1.165, 1.54) is 4.90 Å². The van der Waals surface area contributed by atoms with Crippen molar-refractivity contribution in [3.05, 3.63) is 0 Å². The second-order valence-electron chi connectivity index (χ2n) is 3.22. The van der Waals surface area contributed by atoms with E-state index in [1.807, 2.05) is 0 Å². The molecule has 0 atom stereocenters. The van der Waals surface area contributed by atoms with Crippen LogP contribution in [-0.4, -0.2) is 43.1 Å². The van der Waals surface area contributed by atoms with E-state index in [2.05, 4.69) is 17.9 Å². The normalized spacial score (nSPS) is 9.64. The fourth-order valence-corrected chi connectivity index (χ4v) is 1.02. The number of hydrogen-bond acceptors (Lipinski definition) is 3. The Morgan fingerprint density at radius 2 is 1.93 bits per heavy atom. The van der Waals surface area contributed by atoms with Crippen molar-refractivity contribution in [1.29, 1.82) is 0 Å². The zero-order valence-electron chi connectivity index (χ0n) is 8.75. The van der Waals surface area contributed by atoms with E-state index in [-0.39, 0.29) is 11.8 Å². The molecule has 1 N–H and O–H groups in total. The lowest BCUT2D eigenvalue weighted by Crippen LogP contribution is -2.26. The second kappa shape index (κ2) is 7.67. The van der Waals surface area contributed by atoms with Gasteiger partial charge in [-0.3, -0.25) is 9.59 Å². The van der Waals surface area contributed by atoms with Crippen molar-refractivity contribution in [3.63, 3.8) is 0 Å². The molecule has 0 bridgehead atoms. The van der Waals surface area contributed by atoms with Gasteiger partial charge in [-0.1, -0.05) is 0 Å². The summed E-state index contributed by atoms with van der Waals surface area (Å²) in [6, 6.07) is 0. The molecule has 0 aliphatic heterocycles. The molecule has 4 nitrogen and oxygen atoms in total. The van der Waals surface area contributed by atoms with Crippen molar-refractivity contribution >= 4 is 24.4 Å².